The van der Waals surface area contributed by atoms with Gasteiger partial charge in [-0.25, -0.2) is 0 Å². The van der Waals surface area contributed by atoms with Gasteiger partial charge in [-0.15, -0.1) is 0 Å². The highest BCUT2D eigenvalue weighted by atomic mass is 16.6. The van der Waals surface area contributed by atoms with E-state index in [1.807, 2.05) is 0 Å². The van der Waals surface area contributed by atoms with Crippen LogP contribution in [0.2, 0.25) is 0 Å². The normalized spacial score (nSPS) is 25.1. The molecular formula is C12H16O7. The van der Waals surface area contributed by atoms with Crippen molar-refractivity contribution >= 4 is 17.9 Å². The third kappa shape index (κ3) is 4.99. The Bertz CT molecular complexity index is 388. The summed E-state index contributed by atoms with van der Waals surface area (Å²) >= 11 is 0. The molecule has 0 radical (unpaired) electrons. The maximum absolute atomic E-state index is 11.1. The molecule has 0 bridgehead atoms. The first-order chi connectivity index (χ1) is 8.90. The molecular weight excluding hydrogens is 256 g/mol. The molecule has 0 amide bonds. The minimum atomic E-state index is -0.856. The molecule has 0 saturated carbocycles. The van der Waals surface area contributed by atoms with E-state index in [0.29, 0.717) is 0 Å². The molecule has 1 aliphatic rings. The zero-order chi connectivity index (χ0) is 14.4. The highest BCUT2D eigenvalue weighted by molar-refractivity contribution is 5.68. The van der Waals surface area contributed by atoms with Crippen LogP contribution in [0.15, 0.2) is 12.3 Å². The van der Waals surface area contributed by atoms with Crippen molar-refractivity contribution in [3.05, 3.63) is 12.3 Å². The van der Waals surface area contributed by atoms with Gasteiger partial charge < -0.3 is 18.9 Å². The third-order valence-corrected chi connectivity index (χ3v) is 2.27. The second-order valence-electron chi connectivity index (χ2n) is 3.95. The molecule has 1 aliphatic heterocycles. The number of carbonyl (C=O) groups is 3. The van der Waals surface area contributed by atoms with Gasteiger partial charge in [0.15, 0.2) is 18.3 Å². The van der Waals surface area contributed by atoms with Crippen LogP contribution >= 0.6 is 0 Å². The van der Waals surface area contributed by atoms with Gasteiger partial charge in [-0.3, -0.25) is 14.4 Å². The number of hydrogen-bond donors (Lipinski definition) is 0. The average Bonchev–Trinajstić information content (AvgIpc) is 2.28. The molecule has 0 unspecified atom stereocenters. The molecule has 7 heteroatoms. The van der Waals surface area contributed by atoms with Gasteiger partial charge in [0.05, 0.1) is 6.26 Å². The lowest BCUT2D eigenvalue weighted by atomic mass is 10.1. The fourth-order valence-corrected chi connectivity index (χ4v) is 1.59. The molecule has 3 atom stereocenters. The molecule has 106 valence electrons. The summed E-state index contributed by atoms with van der Waals surface area (Å²) < 4.78 is 20.1. The van der Waals surface area contributed by atoms with Gasteiger partial charge in [0.2, 0.25) is 0 Å². The maximum atomic E-state index is 11.1. The Balaban J connectivity index is 2.77. The standard InChI is InChI=1S/C12H16O7/c1-7(13)17-6-11-12(19-9(3)15)10(4-5-16-11)18-8(2)14/h4-5,10-12H,6H2,1-3H3/t10-,11-,12-/m1/s1. The molecule has 0 aromatic heterocycles. The Morgan fingerprint density at radius 3 is 2.21 bits per heavy atom. The van der Waals surface area contributed by atoms with E-state index in [1.54, 1.807) is 0 Å². The van der Waals surface area contributed by atoms with Crippen LogP contribution < -0.4 is 0 Å². The lowest BCUT2D eigenvalue weighted by molar-refractivity contribution is -0.178. The summed E-state index contributed by atoms with van der Waals surface area (Å²) in [6.07, 6.45) is 0.435. The molecule has 0 aliphatic carbocycles. The Hall–Kier alpha value is -2.05. The molecule has 19 heavy (non-hydrogen) atoms. The molecule has 0 fully saturated rings. The van der Waals surface area contributed by atoms with E-state index in [9.17, 15) is 14.4 Å². The number of ether oxygens (including phenoxy) is 4. The van der Waals surface area contributed by atoms with Crippen molar-refractivity contribution in [1.82, 2.24) is 0 Å². The molecule has 0 saturated heterocycles. The molecule has 1 heterocycles. The van der Waals surface area contributed by atoms with Crippen LogP contribution in [-0.4, -0.2) is 42.8 Å². The Morgan fingerprint density at radius 1 is 1.05 bits per heavy atom. The fourth-order valence-electron chi connectivity index (χ4n) is 1.59. The SMILES string of the molecule is CC(=O)OC[C@H]1OC=C[C@@H](OC(C)=O)[C@H]1OC(C)=O. The van der Waals surface area contributed by atoms with Crippen LogP contribution in [0, 0.1) is 0 Å². The van der Waals surface area contributed by atoms with Gasteiger partial charge in [0.1, 0.15) is 6.61 Å². The average molecular weight is 272 g/mol. The lowest BCUT2D eigenvalue weighted by Gasteiger charge is -2.32. The largest absolute Gasteiger partial charge is 0.491 e. The second kappa shape index (κ2) is 6.77. The van der Waals surface area contributed by atoms with Crippen molar-refractivity contribution in [2.45, 2.75) is 39.1 Å². The van der Waals surface area contributed by atoms with Gasteiger partial charge >= 0.3 is 17.9 Å². The van der Waals surface area contributed by atoms with E-state index < -0.39 is 36.2 Å². The van der Waals surface area contributed by atoms with Crippen LogP contribution in [0.25, 0.3) is 0 Å². The Labute approximate surface area is 110 Å². The molecule has 0 spiro atoms. The summed E-state index contributed by atoms with van der Waals surface area (Å²) in [4.78, 5) is 32.9. The highest BCUT2D eigenvalue weighted by Crippen LogP contribution is 2.19. The van der Waals surface area contributed by atoms with Crippen molar-refractivity contribution in [3.8, 4) is 0 Å². The van der Waals surface area contributed by atoms with Crippen LogP contribution in [-0.2, 0) is 33.3 Å². The van der Waals surface area contributed by atoms with Gasteiger partial charge in [-0.05, 0) is 6.08 Å². The van der Waals surface area contributed by atoms with Gasteiger partial charge in [0.25, 0.3) is 0 Å². The molecule has 0 aromatic rings. The first-order valence-corrected chi connectivity index (χ1v) is 5.70. The molecule has 1 rings (SSSR count). The maximum Gasteiger partial charge on any atom is 0.303 e. The van der Waals surface area contributed by atoms with E-state index in [0.717, 1.165) is 0 Å². The molecule has 0 aromatic carbocycles. The van der Waals surface area contributed by atoms with Crippen LogP contribution in [0.5, 0.6) is 0 Å². The van der Waals surface area contributed by atoms with Gasteiger partial charge in [-0.2, -0.15) is 0 Å². The monoisotopic (exact) mass is 272 g/mol. The van der Waals surface area contributed by atoms with Crippen molar-refractivity contribution in [2.24, 2.45) is 0 Å². The van der Waals surface area contributed by atoms with Crippen molar-refractivity contribution in [1.29, 1.82) is 0 Å². The predicted molar refractivity (Wildman–Crippen MR) is 61.8 cm³/mol. The predicted octanol–water partition coefficient (Wildman–Crippen LogP) is 0.325. The van der Waals surface area contributed by atoms with Crippen LogP contribution in [0.3, 0.4) is 0 Å². The Kier molecular flexibility index (Phi) is 5.35. The smallest absolute Gasteiger partial charge is 0.303 e. The summed E-state index contributed by atoms with van der Waals surface area (Å²) in [7, 11) is 0. The van der Waals surface area contributed by atoms with E-state index in [-0.39, 0.29) is 6.61 Å². The molecule has 7 nitrogen and oxygen atoms in total. The first kappa shape index (κ1) is 15.0. The quantitative estimate of drug-likeness (QED) is 0.538. The van der Waals surface area contributed by atoms with Gasteiger partial charge in [0, 0.05) is 20.8 Å². The zero-order valence-electron chi connectivity index (χ0n) is 11.0. The number of esters is 3. The minimum absolute atomic E-state index is 0.102. The van der Waals surface area contributed by atoms with Crippen LogP contribution in [0.1, 0.15) is 20.8 Å². The Morgan fingerprint density at radius 2 is 1.68 bits per heavy atom. The first-order valence-electron chi connectivity index (χ1n) is 5.70. The summed E-state index contributed by atoms with van der Waals surface area (Å²) in [6, 6.07) is 0. The molecule has 0 N–H and O–H groups in total. The summed E-state index contributed by atoms with van der Waals surface area (Å²) in [5.74, 6) is -1.54. The van der Waals surface area contributed by atoms with Gasteiger partial charge in [-0.1, -0.05) is 0 Å². The zero-order valence-corrected chi connectivity index (χ0v) is 11.0. The van der Waals surface area contributed by atoms with Crippen molar-refractivity contribution in [2.75, 3.05) is 6.61 Å². The topological polar surface area (TPSA) is 88.1 Å². The highest BCUT2D eigenvalue weighted by Gasteiger charge is 2.37. The van der Waals surface area contributed by atoms with Crippen molar-refractivity contribution < 1.29 is 33.3 Å². The summed E-state index contributed by atoms with van der Waals surface area (Å²) in [6.45, 7) is 3.62. The van der Waals surface area contributed by atoms with Crippen molar-refractivity contribution in [3.63, 3.8) is 0 Å². The number of hydrogen-bond acceptors (Lipinski definition) is 7. The second-order valence-corrected chi connectivity index (χ2v) is 3.95. The number of carbonyl (C=O) groups excluding carboxylic acids is 3. The van der Waals surface area contributed by atoms with E-state index in [4.69, 9.17) is 18.9 Å². The van der Waals surface area contributed by atoms with E-state index in [2.05, 4.69) is 0 Å². The summed E-state index contributed by atoms with van der Waals surface area (Å²) in [5, 5.41) is 0. The van der Waals surface area contributed by atoms with E-state index >= 15 is 0 Å². The van der Waals surface area contributed by atoms with E-state index in [1.165, 1.54) is 33.1 Å². The fraction of sp³-hybridized carbons (Fsp3) is 0.583. The lowest BCUT2D eigenvalue weighted by Crippen LogP contribution is -2.47. The van der Waals surface area contributed by atoms with Crippen LogP contribution in [0.4, 0.5) is 0 Å². The number of rotatable bonds is 4. The summed E-state index contributed by atoms with van der Waals surface area (Å²) in [5.41, 5.74) is 0. The third-order valence-electron chi connectivity index (χ3n) is 2.27. The minimum Gasteiger partial charge on any atom is -0.491 e.